The number of piperidine rings is 1. The Kier molecular flexibility index (Phi) is 6.34. The molecule has 0 spiro atoms. The smallest absolute Gasteiger partial charge is 0.228 e. The molecule has 7 rings (SSSR count). The summed E-state index contributed by atoms with van der Waals surface area (Å²) in [6, 6.07) is 24.0. The maximum atomic E-state index is 13.8. The van der Waals surface area contributed by atoms with Crippen molar-refractivity contribution in [1.82, 2.24) is 14.9 Å². The molecule has 1 atom stereocenters. The fourth-order valence-corrected chi connectivity index (χ4v) is 7.04. The van der Waals surface area contributed by atoms with Crippen LogP contribution in [0.15, 0.2) is 85.2 Å². The normalized spacial score (nSPS) is 18.6. The van der Waals surface area contributed by atoms with E-state index in [9.17, 15) is 14.4 Å². The third-order valence-corrected chi connectivity index (χ3v) is 9.11. The number of amides is 3. The Labute approximate surface area is 243 Å². The highest BCUT2D eigenvalue weighted by Crippen LogP contribution is 2.47. The van der Waals surface area contributed by atoms with E-state index in [1.54, 1.807) is 17.0 Å². The van der Waals surface area contributed by atoms with Gasteiger partial charge in [-0.3, -0.25) is 14.4 Å². The van der Waals surface area contributed by atoms with Gasteiger partial charge in [0.2, 0.25) is 17.7 Å². The van der Waals surface area contributed by atoms with E-state index in [0.29, 0.717) is 25.3 Å². The molecule has 2 aliphatic rings. The highest BCUT2D eigenvalue weighted by atomic mass is 16.2. The van der Waals surface area contributed by atoms with Gasteiger partial charge in [-0.05, 0) is 60.4 Å². The van der Waals surface area contributed by atoms with Crippen LogP contribution in [0.3, 0.4) is 0 Å². The molecule has 0 bridgehead atoms. The van der Waals surface area contributed by atoms with Gasteiger partial charge in [0.15, 0.2) is 0 Å². The first-order valence-electron chi connectivity index (χ1n) is 14.5. The molecule has 0 unspecified atom stereocenters. The van der Waals surface area contributed by atoms with E-state index in [4.69, 9.17) is 0 Å². The van der Waals surface area contributed by atoms with Crippen LogP contribution in [-0.2, 0) is 19.8 Å². The number of anilines is 2. The van der Waals surface area contributed by atoms with Crippen LogP contribution in [0.5, 0.6) is 0 Å². The zero-order chi connectivity index (χ0) is 28.8. The predicted molar refractivity (Wildman–Crippen MR) is 164 cm³/mol. The monoisotopic (exact) mass is 559 g/mol. The highest BCUT2D eigenvalue weighted by molar-refractivity contribution is 6.00. The molecule has 4 heterocycles. The van der Waals surface area contributed by atoms with E-state index < -0.39 is 0 Å². The minimum absolute atomic E-state index is 0.0483. The molecule has 3 amide bonds. The third-order valence-electron chi connectivity index (χ3n) is 9.11. The summed E-state index contributed by atoms with van der Waals surface area (Å²) >= 11 is 0. The van der Waals surface area contributed by atoms with Gasteiger partial charge in [0.25, 0.3) is 0 Å². The van der Waals surface area contributed by atoms with Crippen LogP contribution in [-0.4, -0.2) is 52.2 Å². The average molecular weight is 560 g/mol. The van der Waals surface area contributed by atoms with Gasteiger partial charge in [-0.15, -0.1) is 0 Å². The first kappa shape index (κ1) is 26.1. The van der Waals surface area contributed by atoms with E-state index in [0.717, 1.165) is 29.6 Å². The molecule has 42 heavy (non-hydrogen) atoms. The van der Waals surface area contributed by atoms with E-state index in [1.165, 1.54) is 28.8 Å². The zero-order valence-electron chi connectivity index (χ0n) is 23.5. The summed E-state index contributed by atoms with van der Waals surface area (Å²) in [6.07, 6.45) is 6.08. The largest absolute Gasteiger partial charge is 0.361 e. The van der Waals surface area contributed by atoms with Crippen molar-refractivity contribution < 1.29 is 14.4 Å². The molecular formula is C34H33N5O3. The maximum Gasteiger partial charge on any atom is 0.228 e. The van der Waals surface area contributed by atoms with Crippen molar-refractivity contribution in [2.75, 3.05) is 29.9 Å². The van der Waals surface area contributed by atoms with Gasteiger partial charge in [0.1, 0.15) is 0 Å². The van der Waals surface area contributed by atoms with Crippen LogP contribution in [0.4, 0.5) is 11.4 Å². The Morgan fingerprint density at radius 1 is 0.833 bits per heavy atom. The minimum atomic E-state index is -0.374. The number of aromatic nitrogens is 2. The molecule has 3 aromatic carbocycles. The first-order valence-corrected chi connectivity index (χ1v) is 14.5. The quantitative estimate of drug-likeness (QED) is 0.262. The van der Waals surface area contributed by atoms with Crippen LogP contribution >= 0.6 is 0 Å². The van der Waals surface area contributed by atoms with Crippen molar-refractivity contribution in [2.45, 2.75) is 31.6 Å². The van der Waals surface area contributed by atoms with Crippen molar-refractivity contribution in [1.29, 1.82) is 0 Å². The lowest BCUT2D eigenvalue weighted by atomic mass is 9.67. The third kappa shape index (κ3) is 4.34. The lowest BCUT2D eigenvalue weighted by Crippen LogP contribution is -2.47. The molecular weight excluding hydrogens is 526 g/mol. The summed E-state index contributed by atoms with van der Waals surface area (Å²) < 4.78 is 0. The van der Waals surface area contributed by atoms with E-state index in [2.05, 4.69) is 64.1 Å². The number of fused-ring (bicyclic) bond motifs is 2. The molecule has 2 aliphatic heterocycles. The SMILES string of the molecule is CC(=O)Nc1ccc(N2C[C@H](C(=O)N3CCC(c4c[nH]c5ccccc45)(c4c[nH]c5ccccc45)CC3)CC2=O)cc1. The summed E-state index contributed by atoms with van der Waals surface area (Å²) in [5.41, 5.74) is 5.90. The summed E-state index contributed by atoms with van der Waals surface area (Å²) in [7, 11) is 0. The Morgan fingerprint density at radius 3 is 1.98 bits per heavy atom. The summed E-state index contributed by atoms with van der Waals surface area (Å²) in [6.45, 7) is 3.06. The number of likely N-dealkylation sites (tertiary alicyclic amines) is 1. The Balaban J connectivity index is 1.13. The van der Waals surface area contributed by atoms with E-state index in [1.807, 2.05) is 29.2 Å². The van der Waals surface area contributed by atoms with Crippen LogP contribution < -0.4 is 10.2 Å². The van der Waals surface area contributed by atoms with Crippen LogP contribution in [0.2, 0.25) is 0 Å². The molecule has 0 saturated carbocycles. The molecule has 212 valence electrons. The molecule has 0 aliphatic carbocycles. The summed E-state index contributed by atoms with van der Waals surface area (Å²) in [5, 5.41) is 5.17. The standard InChI is InChI=1S/C34H33N5O3/c1-22(40)37-24-10-12-25(13-11-24)39-21-23(18-32(39)41)33(42)38-16-14-34(15-17-38,28-19-35-30-8-4-2-6-26(28)30)29-20-36-31-9-5-3-7-27(29)31/h2-13,19-20,23,35-36H,14-18,21H2,1H3,(H,37,40)/t23-/m1/s1. The maximum absolute atomic E-state index is 13.8. The number of carbonyl (C=O) groups excluding carboxylic acids is 3. The molecule has 2 saturated heterocycles. The fourth-order valence-electron chi connectivity index (χ4n) is 7.04. The number of nitrogens with one attached hydrogen (secondary N) is 3. The zero-order valence-corrected chi connectivity index (χ0v) is 23.5. The highest BCUT2D eigenvalue weighted by Gasteiger charge is 2.44. The topological polar surface area (TPSA) is 101 Å². The molecule has 5 aromatic rings. The van der Waals surface area contributed by atoms with Crippen LogP contribution in [0, 0.1) is 5.92 Å². The van der Waals surface area contributed by atoms with Crippen LogP contribution in [0.1, 0.15) is 37.3 Å². The second-order valence-electron chi connectivity index (χ2n) is 11.5. The fraction of sp³-hybridized carbons (Fsp3) is 0.265. The van der Waals surface area contributed by atoms with Gasteiger partial charge >= 0.3 is 0 Å². The molecule has 0 radical (unpaired) electrons. The van der Waals surface area contributed by atoms with Gasteiger partial charge in [0, 0.05) is 84.0 Å². The van der Waals surface area contributed by atoms with Crippen LogP contribution in [0.25, 0.3) is 21.8 Å². The molecule has 2 aromatic heterocycles. The lowest BCUT2D eigenvalue weighted by molar-refractivity contribution is -0.137. The van der Waals surface area contributed by atoms with Gasteiger partial charge < -0.3 is 25.1 Å². The van der Waals surface area contributed by atoms with Gasteiger partial charge in [-0.1, -0.05) is 36.4 Å². The number of rotatable bonds is 5. The Hall–Kier alpha value is -4.85. The molecule has 3 N–H and O–H groups in total. The number of H-pyrrole nitrogens is 2. The van der Waals surface area contributed by atoms with Crippen molar-refractivity contribution >= 4 is 50.9 Å². The number of nitrogens with zero attached hydrogens (tertiary/aromatic N) is 2. The predicted octanol–water partition coefficient (Wildman–Crippen LogP) is 5.57. The number of aromatic amines is 2. The number of hydrogen-bond donors (Lipinski definition) is 3. The number of benzene rings is 3. The summed E-state index contributed by atoms with van der Waals surface area (Å²) in [4.78, 5) is 48.7. The average Bonchev–Trinajstić information content (AvgIpc) is 3.74. The number of hydrogen-bond acceptors (Lipinski definition) is 3. The van der Waals surface area contributed by atoms with E-state index >= 15 is 0 Å². The first-order chi connectivity index (χ1) is 20.4. The Morgan fingerprint density at radius 2 is 1.40 bits per heavy atom. The van der Waals surface area contributed by atoms with Gasteiger partial charge in [0.05, 0.1) is 5.92 Å². The van der Waals surface area contributed by atoms with Gasteiger partial charge in [-0.25, -0.2) is 0 Å². The number of carbonyl (C=O) groups is 3. The Bertz CT molecular complexity index is 1730. The van der Waals surface area contributed by atoms with E-state index in [-0.39, 0.29) is 35.5 Å². The lowest BCUT2D eigenvalue weighted by Gasteiger charge is -2.43. The van der Waals surface area contributed by atoms with Crippen molar-refractivity contribution in [2.24, 2.45) is 5.92 Å². The molecule has 2 fully saturated rings. The molecule has 8 nitrogen and oxygen atoms in total. The second kappa shape index (κ2) is 10.2. The van der Waals surface area contributed by atoms with Gasteiger partial charge in [-0.2, -0.15) is 0 Å². The summed E-state index contributed by atoms with van der Waals surface area (Å²) in [5.74, 6) is -0.525. The minimum Gasteiger partial charge on any atom is -0.361 e. The second-order valence-corrected chi connectivity index (χ2v) is 11.5. The number of para-hydroxylation sites is 2. The van der Waals surface area contributed by atoms with Crippen molar-refractivity contribution in [3.05, 3.63) is 96.3 Å². The van der Waals surface area contributed by atoms with Crippen molar-refractivity contribution in [3.8, 4) is 0 Å². The molecule has 8 heteroatoms. The van der Waals surface area contributed by atoms with Crippen molar-refractivity contribution in [3.63, 3.8) is 0 Å².